The third kappa shape index (κ3) is 2.75. The maximum absolute atomic E-state index is 11.6. The highest BCUT2D eigenvalue weighted by Crippen LogP contribution is 2.15. The summed E-state index contributed by atoms with van der Waals surface area (Å²) >= 11 is 5.85. The van der Waals surface area contributed by atoms with Crippen LogP contribution in [-0.4, -0.2) is 23.0 Å². The Morgan fingerprint density at radius 2 is 2.24 bits per heavy atom. The molecular weight excluding hydrogens is 242 g/mol. The number of rotatable bonds is 2. The first-order valence-corrected chi connectivity index (χ1v) is 5.54. The summed E-state index contributed by atoms with van der Waals surface area (Å²) in [7, 11) is 0. The number of halogens is 1. The third-order valence-electron chi connectivity index (χ3n) is 2.54. The van der Waals surface area contributed by atoms with Gasteiger partial charge in [-0.05, 0) is 17.7 Å². The summed E-state index contributed by atoms with van der Waals surface area (Å²) in [4.78, 5) is 24.1. The molecule has 0 spiro atoms. The molecule has 6 heteroatoms. The Labute approximate surface area is 104 Å². The van der Waals surface area contributed by atoms with Crippen LogP contribution in [0.1, 0.15) is 12.0 Å². The molecule has 0 radical (unpaired) electrons. The van der Waals surface area contributed by atoms with E-state index in [2.05, 4.69) is 5.32 Å². The van der Waals surface area contributed by atoms with E-state index in [1.807, 2.05) is 6.07 Å². The van der Waals surface area contributed by atoms with E-state index in [-0.39, 0.29) is 12.3 Å². The normalized spacial score (nSPS) is 20.4. The number of carbonyl (C=O) groups excluding carboxylic acids is 2. The fraction of sp³-hybridized carbons (Fsp3) is 0.273. The van der Waals surface area contributed by atoms with Gasteiger partial charge in [-0.25, -0.2) is 4.79 Å². The van der Waals surface area contributed by atoms with Gasteiger partial charge in [-0.2, -0.15) is 0 Å². The van der Waals surface area contributed by atoms with Gasteiger partial charge in [0.05, 0.1) is 12.6 Å². The fourth-order valence-corrected chi connectivity index (χ4v) is 1.93. The minimum absolute atomic E-state index is 0.117. The molecule has 1 fully saturated rings. The van der Waals surface area contributed by atoms with Gasteiger partial charge in [-0.1, -0.05) is 23.7 Å². The number of carbonyl (C=O) groups is 2. The first-order valence-electron chi connectivity index (χ1n) is 5.17. The van der Waals surface area contributed by atoms with E-state index in [0.29, 0.717) is 11.6 Å². The average Bonchev–Trinajstić information content (AvgIpc) is 2.23. The van der Waals surface area contributed by atoms with E-state index < -0.39 is 12.2 Å². The van der Waals surface area contributed by atoms with Crippen molar-refractivity contribution in [3.63, 3.8) is 0 Å². The van der Waals surface area contributed by atoms with Gasteiger partial charge < -0.3 is 10.6 Å². The highest BCUT2D eigenvalue weighted by Gasteiger charge is 2.29. The number of benzene rings is 1. The molecule has 1 aliphatic heterocycles. The Morgan fingerprint density at radius 1 is 1.47 bits per heavy atom. The Balaban J connectivity index is 2.12. The largest absolute Gasteiger partial charge is 0.325 e. The monoisotopic (exact) mass is 253 g/mol. The molecule has 1 atom stereocenters. The molecule has 3 amide bonds. The predicted molar refractivity (Wildman–Crippen MR) is 63.1 cm³/mol. The molecule has 0 saturated carbocycles. The van der Waals surface area contributed by atoms with Gasteiger partial charge in [-0.15, -0.1) is 0 Å². The van der Waals surface area contributed by atoms with Crippen LogP contribution in [0.5, 0.6) is 0 Å². The summed E-state index contributed by atoms with van der Waals surface area (Å²) in [6, 6.07) is 6.70. The molecule has 2 rings (SSSR count). The number of nitrogens with zero attached hydrogens (tertiary/aromatic N) is 1. The maximum atomic E-state index is 11.6. The molecule has 0 aromatic heterocycles. The van der Waals surface area contributed by atoms with Crippen LogP contribution < -0.4 is 11.1 Å². The van der Waals surface area contributed by atoms with Crippen LogP contribution >= 0.6 is 11.6 Å². The van der Waals surface area contributed by atoms with Gasteiger partial charge >= 0.3 is 6.03 Å². The minimum Gasteiger partial charge on any atom is -0.311 e. The molecule has 1 aromatic rings. The van der Waals surface area contributed by atoms with Crippen molar-refractivity contribution in [1.82, 2.24) is 10.2 Å². The molecule has 1 unspecified atom stereocenters. The number of imide groups is 1. The quantitative estimate of drug-likeness (QED) is 0.828. The van der Waals surface area contributed by atoms with Crippen LogP contribution in [0.25, 0.3) is 0 Å². The smallest absolute Gasteiger partial charge is 0.311 e. The third-order valence-corrected chi connectivity index (χ3v) is 2.78. The standard InChI is InChI=1S/C11H12ClN3O2/c12-8-3-1-2-7(4-8)6-15-9(13)5-10(16)14-11(15)17/h1-4,9H,5-6,13H2,(H,14,16,17). The second-order valence-electron chi connectivity index (χ2n) is 3.88. The highest BCUT2D eigenvalue weighted by molar-refractivity contribution is 6.30. The zero-order chi connectivity index (χ0) is 12.4. The molecule has 0 bridgehead atoms. The van der Waals surface area contributed by atoms with Crippen molar-refractivity contribution in [1.29, 1.82) is 0 Å². The second kappa shape index (κ2) is 4.73. The van der Waals surface area contributed by atoms with Crippen molar-refractivity contribution < 1.29 is 9.59 Å². The Bertz CT molecular complexity index is 464. The number of nitrogens with one attached hydrogen (secondary N) is 1. The van der Waals surface area contributed by atoms with Gasteiger partial charge in [0.1, 0.15) is 0 Å². The molecule has 1 aliphatic rings. The van der Waals surface area contributed by atoms with Gasteiger partial charge in [0.2, 0.25) is 5.91 Å². The molecule has 17 heavy (non-hydrogen) atoms. The van der Waals surface area contributed by atoms with E-state index in [0.717, 1.165) is 5.56 Å². The molecule has 3 N–H and O–H groups in total. The minimum atomic E-state index is -0.588. The number of urea groups is 1. The van der Waals surface area contributed by atoms with E-state index >= 15 is 0 Å². The Hall–Kier alpha value is -1.59. The van der Waals surface area contributed by atoms with E-state index in [9.17, 15) is 9.59 Å². The van der Waals surface area contributed by atoms with E-state index in [1.54, 1.807) is 18.2 Å². The average molecular weight is 254 g/mol. The van der Waals surface area contributed by atoms with E-state index in [1.165, 1.54) is 4.90 Å². The van der Waals surface area contributed by atoms with Crippen LogP contribution in [0, 0.1) is 0 Å². The second-order valence-corrected chi connectivity index (χ2v) is 4.32. The van der Waals surface area contributed by atoms with Crippen molar-refractivity contribution in [2.45, 2.75) is 19.1 Å². The zero-order valence-corrected chi connectivity index (χ0v) is 9.78. The summed E-state index contributed by atoms with van der Waals surface area (Å²) in [6.07, 6.45) is -0.470. The lowest BCUT2D eigenvalue weighted by Crippen LogP contribution is -2.57. The van der Waals surface area contributed by atoms with Crippen molar-refractivity contribution in [3.05, 3.63) is 34.9 Å². The fourth-order valence-electron chi connectivity index (χ4n) is 1.71. The summed E-state index contributed by atoms with van der Waals surface area (Å²) in [5.74, 6) is -0.343. The molecule has 0 aliphatic carbocycles. The summed E-state index contributed by atoms with van der Waals surface area (Å²) < 4.78 is 0. The van der Waals surface area contributed by atoms with E-state index in [4.69, 9.17) is 17.3 Å². The molecule has 1 saturated heterocycles. The molecule has 5 nitrogen and oxygen atoms in total. The topological polar surface area (TPSA) is 75.4 Å². The summed E-state index contributed by atoms with van der Waals surface area (Å²) in [6.45, 7) is 0.334. The van der Waals surface area contributed by atoms with Gasteiger partial charge in [0.25, 0.3) is 0 Å². The van der Waals surface area contributed by atoms with Crippen LogP contribution in [0.2, 0.25) is 5.02 Å². The lowest BCUT2D eigenvalue weighted by atomic mass is 10.1. The predicted octanol–water partition coefficient (Wildman–Crippen LogP) is 1.07. The summed E-state index contributed by atoms with van der Waals surface area (Å²) in [5.41, 5.74) is 6.63. The first-order chi connectivity index (χ1) is 8.06. The zero-order valence-electron chi connectivity index (χ0n) is 9.02. The lowest BCUT2D eigenvalue weighted by Gasteiger charge is -2.32. The maximum Gasteiger partial charge on any atom is 0.325 e. The van der Waals surface area contributed by atoms with Crippen molar-refractivity contribution in [3.8, 4) is 0 Å². The summed E-state index contributed by atoms with van der Waals surface area (Å²) in [5, 5.41) is 2.83. The molecule has 90 valence electrons. The van der Waals surface area contributed by atoms with Crippen LogP contribution in [0.3, 0.4) is 0 Å². The number of amides is 3. The van der Waals surface area contributed by atoms with Gasteiger partial charge in [0.15, 0.2) is 0 Å². The molecule has 1 aromatic carbocycles. The molecular formula is C11H12ClN3O2. The van der Waals surface area contributed by atoms with Crippen LogP contribution in [-0.2, 0) is 11.3 Å². The van der Waals surface area contributed by atoms with Crippen LogP contribution in [0.4, 0.5) is 4.79 Å². The Morgan fingerprint density at radius 3 is 2.88 bits per heavy atom. The SMILES string of the molecule is NC1CC(=O)NC(=O)N1Cc1cccc(Cl)c1. The lowest BCUT2D eigenvalue weighted by molar-refractivity contribution is -0.122. The van der Waals surface area contributed by atoms with Gasteiger partial charge in [0, 0.05) is 11.6 Å². The Kier molecular flexibility index (Phi) is 3.31. The van der Waals surface area contributed by atoms with Gasteiger partial charge in [-0.3, -0.25) is 10.1 Å². The van der Waals surface area contributed by atoms with Crippen molar-refractivity contribution >= 4 is 23.5 Å². The van der Waals surface area contributed by atoms with Crippen molar-refractivity contribution in [2.24, 2.45) is 5.73 Å². The number of hydrogen-bond acceptors (Lipinski definition) is 3. The van der Waals surface area contributed by atoms with Crippen molar-refractivity contribution in [2.75, 3.05) is 0 Å². The first kappa shape index (κ1) is 11.9. The number of nitrogens with two attached hydrogens (primary N) is 1. The number of hydrogen-bond donors (Lipinski definition) is 2. The van der Waals surface area contributed by atoms with Crippen LogP contribution in [0.15, 0.2) is 24.3 Å². The molecule has 1 heterocycles. The highest BCUT2D eigenvalue weighted by atomic mass is 35.5.